The zero-order chi connectivity index (χ0) is 41.4. The molecule has 0 fully saturated rings. The molecule has 0 amide bonds. The minimum absolute atomic E-state index is 0.197. The maximum absolute atomic E-state index is 2.47. The van der Waals surface area contributed by atoms with Gasteiger partial charge in [-0.3, -0.25) is 0 Å². The van der Waals surface area contributed by atoms with E-state index in [0.29, 0.717) is 0 Å². The molecule has 2 unspecified atom stereocenters. The highest BCUT2D eigenvalue weighted by atomic mass is 32.1. The highest BCUT2D eigenvalue weighted by Crippen LogP contribution is 2.51. The van der Waals surface area contributed by atoms with Crippen LogP contribution in [0.5, 0.6) is 0 Å². The number of benzene rings is 9. The van der Waals surface area contributed by atoms with Crippen molar-refractivity contribution in [2.75, 3.05) is 0 Å². The highest BCUT2D eigenvalue weighted by molar-refractivity contribution is 7.25. The maximum Gasteiger partial charge on any atom is 0.0361 e. The summed E-state index contributed by atoms with van der Waals surface area (Å²) in [4.78, 5) is 0. The number of hydrogen-bond donors (Lipinski definition) is 0. The Morgan fingerprint density at radius 1 is 0.397 bits per heavy atom. The van der Waals surface area contributed by atoms with Crippen molar-refractivity contribution in [1.82, 2.24) is 0 Å². The lowest BCUT2D eigenvalue weighted by atomic mass is 9.70. The van der Waals surface area contributed by atoms with Crippen LogP contribution in [0.1, 0.15) is 34.6 Å². The highest BCUT2D eigenvalue weighted by Gasteiger charge is 2.31. The minimum Gasteiger partial charge on any atom is -0.135 e. The predicted octanol–water partition coefficient (Wildman–Crippen LogP) is 17.3. The molecule has 3 aliphatic rings. The van der Waals surface area contributed by atoms with E-state index in [0.717, 1.165) is 12.8 Å². The lowest BCUT2D eigenvalue weighted by Crippen LogP contribution is -2.17. The lowest BCUT2D eigenvalue weighted by molar-refractivity contribution is 0.682. The van der Waals surface area contributed by atoms with Gasteiger partial charge in [0.05, 0.1) is 0 Å². The van der Waals surface area contributed by atoms with Crippen LogP contribution in [0.3, 0.4) is 0 Å². The van der Waals surface area contributed by atoms with E-state index in [9.17, 15) is 0 Å². The summed E-state index contributed by atoms with van der Waals surface area (Å²) in [5, 5.41) is 10.6. The molecule has 0 spiro atoms. The summed E-state index contributed by atoms with van der Waals surface area (Å²) < 4.78 is 2.65. The molecule has 0 N–H and O–H groups in total. The van der Waals surface area contributed by atoms with Crippen LogP contribution in [0.2, 0.25) is 0 Å². The van der Waals surface area contributed by atoms with Crippen molar-refractivity contribution in [1.29, 1.82) is 0 Å². The van der Waals surface area contributed by atoms with Crippen LogP contribution in [0, 0.1) is 5.92 Å². The van der Waals surface area contributed by atoms with Crippen LogP contribution in [0.25, 0.3) is 97.5 Å². The third-order valence-electron chi connectivity index (χ3n) is 13.9. The fourth-order valence-electron chi connectivity index (χ4n) is 11.3. The van der Waals surface area contributed by atoms with Gasteiger partial charge in [0.2, 0.25) is 0 Å². The molecule has 1 aromatic heterocycles. The van der Waals surface area contributed by atoms with Gasteiger partial charge < -0.3 is 0 Å². The molecule has 3 aliphatic carbocycles. The summed E-state index contributed by atoms with van der Waals surface area (Å²) in [6, 6.07) is 63.6. The van der Waals surface area contributed by atoms with E-state index in [2.05, 4.69) is 218 Å². The SMILES string of the molecule is C1=CC2=C(c3ccccc3)C=CC(c3c4ccccc4c(-c4ccc5sc6cc(-c7c8c(c(-c9ccccc9)c9ccccc79)CCC=C8)ccc6c5c4)c4ccccc34)C2C=C1. The van der Waals surface area contributed by atoms with E-state index in [1.54, 1.807) is 0 Å². The molecule has 296 valence electrons. The fourth-order valence-corrected chi connectivity index (χ4v) is 12.4. The van der Waals surface area contributed by atoms with Gasteiger partial charge in [0.25, 0.3) is 0 Å². The third-order valence-corrected chi connectivity index (χ3v) is 15.1. The van der Waals surface area contributed by atoms with Crippen LogP contribution >= 0.6 is 11.3 Å². The number of fused-ring (bicyclic) bond motifs is 8. The molecule has 0 nitrogen and oxygen atoms in total. The zero-order valence-electron chi connectivity index (χ0n) is 34.8. The van der Waals surface area contributed by atoms with E-state index in [-0.39, 0.29) is 11.8 Å². The van der Waals surface area contributed by atoms with Crippen molar-refractivity contribution in [3.8, 4) is 33.4 Å². The molecule has 0 bridgehead atoms. The number of thiophene rings is 1. The van der Waals surface area contributed by atoms with Gasteiger partial charge in [-0.1, -0.05) is 200 Å². The third kappa shape index (κ3) is 5.73. The number of allylic oxidation sites excluding steroid dienone is 9. The van der Waals surface area contributed by atoms with Crippen molar-refractivity contribution in [3.63, 3.8) is 0 Å². The first-order valence-corrected chi connectivity index (χ1v) is 23.1. The van der Waals surface area contributed by atoms with E-state index in [1.165, 1.54) is 119 Å². The molecule has 0 radical (unpaired) electrons. The summed E-state index contributed by atoms with van der Waals surface area (Å²) in [5.41, 5.74) is 16.1. The Kier molecular flexibility index (Phi) is 8.46. The smallest absolute Gasteiger partial charge is 0.0361 e. The molecule has 2 atom stereocenters. The summed E-state index contributed by atoms with van der Waals surface area (Å²) in [5.74, 6) is 0.440. The number of hydrogen-bond acceptors (Lipinski definition) is 1. The summed E-state index contributed by atoms with van der Waals surface area (Å²) in [6.45, 7) is 0. The van der Waals surface area contributed by atoms with E-state index in [1.807, 2.05) is 11.3 Å². The molecular formula is C62H42S. The zero-order valence-corrected chi connectivity index (χ0v) is 35.6. The average molecular weight is 819 g/mol. The first-order chi connectivity index (χ1) is 31.3. The van der Waals surface area contributed by atoms with Gasteiger partial charge in [-0.15, -0.1) is 11.3 Å². The van der Waals surface area contributed by atoms with Crippen molar-refractivity contribution < 1.29 is 0 Å². The van der Waals surface area contributed by atoms with Crippen LogP contribution < -0.4 is 0 Å². The van der Waals surface area contributed by atoms with Gasteiger partial charge in [-0.2, -0.15) is 0 Å². The van der Waals surface area contributed by atoms with Gasteiger partial charge in [-0.05, 0) is 130 Å². The Balaban J connectivity index is 0.966. The number of rotatable bonds is 5. The quantitative estimate of drug-likeness (QED) is 0.152. The summed E-state index contributed by atoms with van der Waals surface area (Å²) >= 11 is 1.91. The predicted molar refractivity (Wildman–Crippen MR) is 273 cm³/mol. The van der Waals surface area contributed by atoms with Crippen LogP contribution in [0.4, 0.5) is 0 Å². The Labute approximate surface area is 371 Å². The second-order valence-electron chi connectivity index (χ2n) is 17.3. The molecule has 0 saturated carbocycles. The molecule has 63 heavy (non-hydrogen) atoms. The van der Waals surface area contributed by atoms with E-state index >= 15 is 0 Å². The Bertz CT molecular complexity index is 3610. The molecule has 13 rings (SSSR count). The molecule has 1 heterocycles. The van der Waals surface area contributed by atoms with E-state index in [4.69, 9.17) is 0 Å². The largest absolute Gasteiger partial charge is 0.135 e. The minimum atomic E-state index is 0.197. The summed E-state index contributed by atoms with van der Waals surface area (Å²) in [7, 11) is 0. The van der Waals surface area contributed by atoms with Crippen molar-refractivity contribution >= 4 is 75.5 Å². The maximum atomic E-state index is 2.47. The normalized spacial score (nSPS) is 16.8. The second-order valence-corrected chi connectivity index (χ2v) is 18.4. The fraction of sp³-hybridized carbons (Fsp3) is 0.0645. The van der Waals surface area contributed by atoms with Crippen LogP contribution in [-0.2, 0) is 6.42 Å². The second kappa shape index (κ2) is 14.7. The van der Waals surface area contributed by atoms with Crippen molar-refractivity contribution in [2.24, 2.45) is 5.92 Å². The average Bonchev–Trinajstić information content (AvgIpc) is 3.72. The van der Waals surface area contributed by atoms with Crippen molar-refractivity contribution in [3.05, 3.63) is 240 Å². The van der Waals surface area contributed by atoms with Gasteiger partial charge >= 0.3 is 0 Å². The topological polar surface area (TPSA) is 0 Å². The molecular weight excluding hydrogens is 777 g/mol. The van der Waals surface area contributed by atoms with Crippen LogP contribution in [-0.4, -0.2) is 0 Å². The van der Waals surface area contributed by atoms with Gasteiger partial charge in [0.1, 0.15) is 0 Å². The lowest BCUT2D eigenvalue weighted by Gasteiger charge is -2.33. The standard InChI is InChI=1S/C62H42S/c1-3-17-39(18-4-1)43-34-35-55(45-22-8-7-21-44(43)45)62-53-29-15-13-27-51(53)60(52-28-14-16-30-54(52)62)41-32-36-57-56(37-41)46-33-31-42(38-58(46)63-57)61-49-25-11-9-23-47(49)59(40-19-5-2-6-20-40)48-24-10-12-26-50(48)61/h1-9,11-23,25-38,45,55H,10,24H2. The molecule has 10 aromatic rings. The van der Waals surface area contributed by atoms with Gasteiger partial charge in [0, 0.05) is 32.0 Å². The van der Waals surface area contributed by atoms with Crippen LogP contribution in [0.15, 0.2) is 218 Å². The molecule has 0 saturated heterocycles. The first kappa shape index (κ1) is 36.3. The molecule has 0 aliphatic heterocycles. The Morgan fingerprint density at radius 3 is 1.75 bits per heavy atom. The van der Waals surface area contributed by atoms with Crippen molar-refractivity contribution in [2.45, 2.75) is 18.8 Å². The van der Waals surface area contributed by atoms with E-state index < -0.39 is 0 Å². The van der Waals surface area contributed by atoms with Gasteiger partial charge in [-0.25, -0.2) is 0 Å². The van der Waals surface area contributed by atoms with Gasteiger partial charge in [0.15, 0.2) is 0 Å². The molecule has 9 aromatic carbocycles. The molecule has 1 heteroatoms. The Hall–Kier alpha value is -7.32. The monoisotopic (exact) mass is 818 g/mol. The summed E-state index contributed by atoms with van der Waals surface area (Å²) in [6.07, 6.45) is 20.9. The Morgan fingerprint density at radius 2 is 1.02 bits per heavy atom. The first-order valence-electron chi connectivity index (χ1n) is 22.3.